The van der Waals surface area contributed by atoms with Gasteiger partial charge in [-0.25, -0.2) is 9.49 Å². The minimum absolute atomic E-state index is 0.102. The van der Waals surface area contributed by atoms with Crippen molar-refractivity contribution in [1.29, 1.82) is 0 Å². The van der Waals surface area contributed by atoms with E-state index >= 15 is 0 Å². The minimum Gasteiger partial charge on any atom is -0.507 e. The van der Waals surface area contributed by atoms with Crippen molar-refractivity contribution in [2.75, 3.05) is 18.0 Å². The number of benzene rings is 2. The molecule has 140 valence electrons. The summed E-state index contributed by atoms with van der Waals surface area (Å²) in [6.45, 7) is 5.81. The molecule has 0 aliphatic carbocycles. The number of H-pyrrole nitrogens is 1. The first-order chi connectivity index (χ1) is 13.0. The quantitative estimate of drug-likeness (QED) is 0.493. The molecule has 27 heavy (non-hydrogen) atoms. The molecule has 0 saturated carbocycles. The standard InChI is InChI=1S/C19H20FN5OS/c1-3-24(4-2)14-10-9-13(17(26)11-14)12-21-25-18(22-23-19(25)27)15-7-5-6-8-16(15)20/h5-12,26H,3-4H2,1-2H3,(H,23,27)/b21-12+. The van der Waals surface area contributed by atoms with Crippen LogP contribution in [0.4, 0.5) is 10.1 Å². The molecule has 0 saturated heterocycles. The van der Waals surface area contributed by atoms with Gasteiger partial charge in [0.2, 0.25) is 4.77 Å². The molecule has 0 fully saturated rings. The van der Waals surface area contributed by atoms with Crippen LogP contribution >= 0.6 is 12.2 Å². The predicted molar refractivity (Wildman–Crippen MR) is 107 cm³/mol. The van der Waals surface area contributed by atoms with E-state index in [9.17, 15) is 9.50 Å². The molecule has 6 nitrogen and oxygen atoms in total. The van der Waals surface area contributed by atoms with Crippen molar-refractivity contribution in [2.45, 2.75) is 13.8 Å². The average Bonchev–Trinajstić information content (AvgIpc) is 3.03. The molecule has 0 amide bonds. The number of rotatable bonds is 6. The number of halogens is 1. The van der Waals surface area contributed by atoms with Crippen molar-refractivity contribution in [1.82, 2.24) is 14.9 Å². The lowest BCUT2D eigenvalue weighted by atomic mass is 10.2. The van der Waals surface area contributed by atoms with Crippen molar-refractivity contribution in [3.8, 4) is 17.1 Å². The van der Waals surface area contributed by atoms with Crippen LogP contribution in [0.1, 0.15) is 19.4 Å². The summed E-state index contributed by atoms with van der Waals surface area (Å²) in [5, 5.41) is 21.3. The van der Waals surface area contributed by atoms with Crippen LogP contribution in [0, 0.1) is 10.6 Å². The summed E-state index contributed by atoms with van der Waals surface area (Å²) >= 11 is 5.19. The van der Waals surface area contributed by atoms with Crippen LogP contribution in [0.2, 0.25) is 0 Å². The Balaban J connectivity index is 1.95. The fourth-order valence-electron chi connectivity index (χ4n) is 2.76. The number of phenolic OH excluding ortho intramolecular Hbond substituents is 1. The molecular formula is C19H20FN5OS. The van der Waals surface area contributed by atoms with Crippen molar-refractivity contribution < 1.29 is 9.50 Å². The average molecular weight is 385 g/mol. The van der Waals surface area contributed by atoms with Crippen LogP contribution in [-0.2, 0) is 0 Å². The third-order valence-corrected chi connectivity index (χ3v) is 4.48. The van der Waals surface area contributed by atoms with Crippen LogP contribution in [0.3, 0.4) is 0 Å². The molecule has 3 rings (SSSR count). The number of aromatic hydroxyl groups is 1. The Morgan fingerprint density at radius 1 is 1.26 bits per heavy atom. The minimum atomic E-state index is -0.422. The zero-order valence-corrected chi connectivity index (χ0v) is 15.9. The van der Waals surface area contributed by atoms with Crippen LogP contribution in [0.15, 0.2) is 47.6 Å². The Morgan fingerprint density at radius 2 is 2.00 bits per heavy atom. The van der Waals surface area contributed by atoms with Gasteiger partial charge in [0.15, 0.2) is 5.82 Å². The van der Waals surface area contributed by atoms with E-state index in [0.717, 1.165) is 18.8 Å². The number of hydrogen-bond acceptors (Lipinski definition) is 5. The first-order valence-electron chi connectivity index (χ1n) is 8.59. The Morgan fingerprint density at radius 3 is 2.67 bits per heavy atom. The van der Waals surface area contributed by atoms with Gasteiger partial charge >= 0.3 is 0 Å². The molecule has 3 aromatic rings. The predicted octanol–water partition coefficient (Wildman–Crippen LogP) is 4.18. The third-order valence-electron chi connectivity index (χ3n) is 4.22. The highest BCUT2D eigenvalue weighted by molar-refractivity contribution is 7.71. The summed E-state index contributed by atoms with van der Waals surface area (Å²) in [7, 11) is 0. The number of aromatic amines is 1. The number of phenols is 1. The second-order valence-corrected chi connectivity index (χ2v) is 6.19. The molecule has 0 radical (unpaired) electrons. The van der Waals surface area contributed by atoms with E-state index in [0.29, 0.717) is 5.56 Å². The summed E-state index contributed by atoms with van der Waals surface area (Å²) in [6.07, 6.45) is 1.47. The molecule has 8 heteroatoms. The molecule has 2 aromatic carbocycles. The van der Waals surface area contributed by atoms with Gasteiger partial charge in [0.05, 0.1) is 11.8 Å². The largest absolute Gasteiger partial charge is 0.507 e. The van der Waals surface area contributed by atoms with E-state index in [1.54, 1.807) is 30.3 Å². The van der Waals surface area contributed by atoms with Crippen molar-refractivity contribution >= 4 is 24.1 Å². The van der Waals surface area contributed by atoms with Gasteiger partial charge in [-0.15, -0.1) is 0 Å². The maximum atomic E-state index is 14.1. The zero-order valence-electron chi connectivity index (χ0n) is 15.1. The fraction of sp³-hybridized carbons (Fsp3) is 0.211. The van der Waals surface area contributed by atoms with Crippen LogP contribution in [-0.4, -0.2) is 39.3 Å². The Kier molecular flexibility index (Phi) is 5.66. The molecule has 1 aromatic heterocycles. The van der Waals surface area contributed by atoms with Crippen molar-refractivity contribution in [2.24, 2.45) is 5.10 Å². The summed E-state index contributed by atoms with van der Waals surface area (Å²) in [5.74, 6) is -0.0615. The highest BCUT2D eigenvalue weighted by Gasteiger charge is 2.12. The van der Waals surface area contributed by atoms with Gasteiger partial charge in [0, 0.05) is 30.4 Å². The van der Waals surface area contributed by atoms with Gasteiger partial charge in [-0.1, -0.05) is 12.1 Å². The Bertz CT molecular complexity index is 1020. The van der Waals surface area contributed by atoms with Crippen LogP contribution in [0.5, 0.6) is 5.75 Å². The zero-order chi connectivity index (χ0) is 19.4. The highest BCUT2D eigenvalue weighted by atomic mass is 32.1. The molecule has 0 aliphatic heterocycles. The molecule has 2 N–H and O–H groups in total. The van der Waals surface area contributed by atoms with Crippen molar-refractivity contribution in [3.63, 3.8) is 0 Å². The van der Waals surface area contributed by atoms with Gasteiger partial charge in [-0.3, -0.25) is 0 Å². The summed E-state index contributed by atoms with van der Waals surface area (Å²) in [4.78, 5) is 2.13. The molecule has 0 bridgehead atoms. The number of aromatic nitrogens is 3. The SMILES string of the molecule is CCN(CC)c1ccc(/C=N/n2c(-c3ccccc3F)n[nH]c2=S)c(O)c1. The van der Waals surface area contributed by atoms with Gasteiger partial charge in [0.25, 0.3) is 0 Å². The summed E-state index contributed by atoms with van der Waals surface area (Å²) in [5.41, 5.74) is 1.73. The van der Waals surface area contributed by atoms with Gasteiger partial charge in [-0.05, 0) is 50.3 Å². The number of anilines is 1. The molecule has 1 heterocycles. The normalized spacial score (nSPS) is 11.2. The number of nitrogens with zero attached hydrogens (tertiary/aromatic N) is 4. The van der Waals surface area contributed by atoms with Gasteiger partial charge < -0.3 is 10.0 Å². The first-order valence-corrected chi connectivity index (χ1v) is 9.00. The van der Waals surface area contributed by atoms with Crippen molar-refractivity contribution in [3.05, 3.63) is 58.6 Å². The molecule has 0 spiro atoms. The monoisotopic (exact) mass is 385 g/mol. The van der Waals surface area contributed by atoms with Crippen LogP contribution < -0.4 is 4.90 Å². The molecule has 0 aliphatic rings. The topological polar surface area (TPSA) is 69.4 Å². The van der Waals surface area contributed by atoms with E-state index in [-0.39, 0.29) is 21.9 Å². The molecule has 0 atom stereocenters. The summed E-state index contributed by atoms with van der Waals surface area (Å²) < 4.78 is 15.6. The smallest absolute Gasteiger partial charge is 0.216 e. The maximum absolute atomic E-state index is 14.1. The van der Waals surface area contributed by atoms with E-state index in [2.05, 4.69) is 34.0 Å². The summed E-state index contributed by atoms with van der Waals surface area (Å²) in [6, 6.07) is 11.6. The second-order valence-electron chi connectivity index (χ2n) is 5.80. The Hall–Kier alpha value is -3.00. The Labute approximate surface area is 161 Å². The first kappa shape index (κ1) is 18.8. The maximum Gasteiger partial charge on any atom is 0.216 e. The fourth-order valence-corrected chi connectivity index (χ4v) is 2.94. The van der Waals surface area contributed by atoms with Gasteiger partial charge in [0.1, 0.15) is 11.6 Å². The highest BCUT2D eigenvalue weighted by Crippen LogP contribution is 2.24. The van der Waals surface area contributed by atoms with E-state index in [1.807, 2.05) is 6.07 Å². The second kappa shape index (κ2) is 8.13. The van der Waals surface area contributed by atoms with E-state index in [4.69, 9.17) is 12.2 Å². The molecular weight excluding hydrogens is 365 g/mol. The third kappa shape index (κ3) is 3.90. The van der Waals surface area contributed by atoms with E-state index in [1.165, 1.54) is 17.0 Å². The van der Waals surface area contributed by atoms with Crippen LogP contribution in [0.25, 0.3) is 11.4 Å². The lowest BCUT2D eigenvalue weighted by Gasteiger charge is -2.21. The number of nitrogens with one attached hydrogen (secondary N) is 1. The van der Waals surface area contributed by atoms with Gasteiger partial charge in [-0.2, -0.15) is 14.9 Å². The molecule has 0 unspecified atom stereocenters. The lowest BCUT2D eigenvalue weighted by Crippen LogP contribution is -2.21. The lowest BCUT2D eigenvalue weighted by molar-refractivity contribution is 0.474. The number of hydrogen-bond donors (Lipinski definition) is 2. The van der Waals surface area contributed by atoms with E-state index < -0.39 is 5.82 Å².